The van der Waals surface area contributed by atoms with Crippen molar-refractivity contribution >= 4 is 34.6 Å². The van der Waals surface area contributed by atoms with Crippen molar-refractivity contribution in [2.24, 2.45) is 4.99 Å². The van der Waals surface area contributed by atoms with Crippen molar-refractivity contribution in [1.29, 1.82) is 0 Å². The Bertz CT molecular complexity index is 859. The lowest BCUT2D eigenvalue weighted by Crippen LogP contribution is -2.19. The van der Waals surface area contributed by atoms with E-state index in [0.29, 0.717) is 21.4 Å². The zero-order valence-corrected chi connectivity index (χ0v) is 14.1. The first kappa shape index (κ1) is 16.1. The second-order valence-electron chi connectivity index (χ2n) is 5.22. The Morgan fingerprint density at radius 1 is 1.25 bits per heavy atom. The lowest BCUT2D eigenvalue weighted by molar-refractivity contribution is -0.115. The van der Waals surface area contributed by atoms with Gasteiger partial charge in [-0.25, -0.2) is 4.99 Å². The van der Waals surface area contributed by atoms with E-state index < -0.39 is 0 Å². The summed E-state index contributed by atoms with van der Waals surface area (Å²) in [6, 6.07) is 12.8. The fourth-order valence-electron chi connectivity index (χ4n) is 2.26. The number of para-hydroxylation sites is 1. The average Bonchev–Trinajstić information content (AvgIpc) is 2.89. The van der Waals surface area contributed by atoms with Crippen molar-refractivity contribution in [2.45, 2.75) is 6.92 Å². The first-order valence-electron chi connectivity index (χ1n) is 7.29. The lowest BCUT2D eigenvalue weighted by Gasteiger charge is -2.05. The molecule has 0 unspecified atom stereocenters. The minimum atomic E-state index is -0.242. The van der Waals surface area contributed by atoms with Crippen LogP contribution >= 0.6 is 11.8 Å². The molecule has 0 aliphatic carbocycles. The van der Waals surface area contributed by atoms with Crippen LogP contribution in [0.5, 0.6) is 11.5 Å². The molecule has 1 aliphatic heterocycles. The summed E-state index contributed by atoms with van der Waals surface area (Å²) in [5, 5.41) is 13.4. The van der Waals surface area contributed by atoms with E-state index in [1.165, 1.54) is 18.9 Å². The molecule has 1 fully saturated rings. The Balaban J connectivity index is 1.88. The number of ether oxygens (including phenoxy) is 1. The molecule has 24 heavy (non-hydrogen) atoms. The molecule has 3 rings (SSSR count). The maximum Gasteiger partial charge on any atom is 0.264 e. The van der Waals surface area contributed by atoms with Gasteiger partial charge in [-0.15, -0.1) is 0 Å². The molecule has 1 amide bonds. The minimum absolute atomic E-state index is 0.00460. The number of carbonyl (C=O) groups excluding carboxylic acids is 1. The van der Waals surface area contributed by atoms with Crippen LogP contribution in [0.15, 0.2) is 52.4 Å². The number of aryl methyl sites for hydroxylation is 1. The number of benzene rings is 2. The number of hydrogen-bond donors (Lipinski definition) is 2. The van der Waals surface area contributed by atoms with Crippen molar-refractivity contribution in [3.63, 3.8) is 0 Å². The average molecular weight is 340 g/mol. The van der Waals surface area contributed by atoms with E-state index in [2.05, 4.69) is 10.3 Å². The molecule has 6 heteroatoms. The second kappa shape index (κ2) is 6.80. The van der Waals surface area contributed by atoms with Crippen LogP contribution in [0.25, 0.3) is 6.08 Å². The van der Waals surface area contributed by atoms with Crippen molar-refractivity contribution in [3.8, 4) is 11.5 Å². The van der Waals surface area contributed by atoms with Gasteiger partial charge in [0, 0.05) is 5.56 Å². The number of aliphatic imine (C=N–C) groups is 1. The van der Waals surface area contributed by atoms with E-state index in [9.17, 15) is 9.90 Å². The maximum absolute atomic E-state index is 12.1. The first-order chi connectivity index (χ1) is 11.6. The number of carbonyl (C=O) groups is 1. The number of nitrogens with one attached hydrogen (secondary N) is 1. The van der Waals surface area contributed by atoms with Crippen molar-refractivity contribution in [1.82, 2.24) is 5.32 Å². The number of methoxy groups -OCH3 is 1. The molecule has 2 N–H and O–H groups in total. The Hall–Kier alpha value is -2.73. The van der Waals surface area contributed by atoms with Crippen LogP contribution in [0, 0.1) is 6.92 Å². The van der Waals surface area contributed by atoms with Crippen molar-refractivity contribution < 1.29 is 14.6 Å². The summed E-state index contributed by atoms with van der Waals surface area (Å²) in [6.45, 7) is 1.99. The molecule has 1 heterocycles. The third-order valence-electron chi connectivity index (χ3n) is 3.42. The molecule has 0 spiro atoms. The van der Waals surface area contributed by atoms with E-state index in [1.54, 1.807) is 24.3 Å². The molecule has 1 aliphatic rings. The summed E-state index contributed by atoms with van der Waals surface area (Å²) in [6.07, 6.45) is 1.62. The third kappa shape index (κ3) is 3.44. The predicted molar refractivity (Wildman–Crippen MR) is 96.6 cm³/mol. The fraction of sp³-hybridized carbons (Fsp3) is 0.111. The topological polar surface area (TPSA) is 70.9 Å². The summed E-state index contributed by atoms with van der Waals surface area (Å²) in [4.78, 5) is 17.0. The molecule has 0 saturated carbocycles. The van der Waals surface area contributed by atoms with Gasteiger partial charge in [-0.2, -0.15) is 0 Å². The molecule has 0 bridgehead atoms. The lowest BCUT2D eigenvalue weighted by atomic mass is 10.1. The highest BCUT2D eigenvalue weighted by molar-refractivity contribution is 8.18. The number of amides is 1. The highest BCUT2D eigenvalue weighted by Gasteiger charge is 2.24. The van der Waals surface area contributed by atoms with E-state index >= 15 is 0 Å². The number of rotatable bonds is 3. The Morgan fingerprint density at radius 2 is 2.04 bits per heavy atom. The molecule has 0 aromatic heterocycles. The van der Waals surface area contributed by atoms with Gasteiger partial charge in [-0.1, -0.05) is 24.3 Å². The van der Waals surface area contributed by atoms with Gasteiger partial charge in [0.1, 0.15) is 0 Å². The largest absolute Gasteiger partial charge is 0.504 e. The smallest absolute Gasteiger partial charge is 0.264 e. The van der Waals surface area contributed by atoms with E-state index in [0.717, 1.165) is 11.3 Å². The van der Waals surface area contributed by atoms with Crippen LogP contribution in [0.1, 0.15) is 11.1 Å². The monoisotopic (exact) mass is 340 g/mol. The summed E-state index contributed by atoms with van der Waals surface area (Å²) in [5.74, 6) is 0.125. The van der Waals surface area contributed by atoms with Gasteiger partial charge >= 0.3 is 0 Å². The molecule has 0 radical (unpaired) electrons. The van der Waals surface area contributed by atoms with Gasteiger partial charge < -0.3 is 15.2 Å². The zero-order chi connectivity index (χ0) is 17.1. The third-order valence-corrected chi connectivity index (χ3v) is 4.33. The molecule has 0 atom stereocenters. The van der Waals surface area contributed by atoms with E-state index in [-0.39, 0.29) is 11.7 Å². The number of hydrogen-bond acceptors (Lipinski definition) is 5. The van der Waals surface area contributed by atoms with Crippen LogP contribution in [-0.2, 0) is 4.79 Å². The van der Waals surface area contributed by atoms with Crippen LogP contribution in [0.2, 0.25) is 0 Å². The number of amidine groups is 1. The molecule has 2 aromatic carbocycles. The Morgan fingerprint density at radius 3 is 2.79 bits per heavy atom. The standard InChI is InChI=1S/C18H16N2O3S/c1-11-5-3-7-13(9-11)19-18-20-17(22)15(24-18)10-12-6-4-8-14(23-2)16(12)21/h3-10,21H,1-2H3,(H,19,20,22). The summed E-state index contributed by atoms with van der Waals surface area (Å²) in [5.41, 5.74) is 2.40. The van der Waals surface area contributed by atoms with Crippen LogP contribution in [-0.4, -0.2) is 23.3 Å². The van der Waals surface area contributed by atoms with Gasteiger partial charge in [0.25, 0.3) is 5.91 Å². The van der Waals surface area contributed by atoms with Crippen LogP contribution in [0.3, 0.4) is 0 Å². The minimum Gasteiger partial charge on any atom is -0.504 e. The number of aromatic hydroxyl groups is 1. The van der Waals surface area contributed by atoms with Gasteiger partial charge in [0.2, 0.25) is 0 Å². The van der Waals surface area contributed by atoms with Crippen molar-refractivity contribution in [2.75, 3.05) is 7.11 Å². The fourth-order valence-corrected chi connectivity index (χ4v) is 3.09. The Labute approximate surface area is 144 Å². The second-order valence-corrected chi connectivity index (χ2v) is 6.25. The maximum atomic E-state index is 12.1. The van der Waals surface area contributed by atoms with E-state index in [4.69, 9.17) is 4.74 Å². The normalized spacial score (nSPS) is 17.3. The zero-order valence-electron chi connectivity index (χ0n) is 13.2. The Kier molecular flexibility index (Phi) is 4.57. The summed E-state index contributed by atoms with van der Waals surface area (Å²) >= 11 is 1.23. The number of nitrogens with zero attached hydrogens (tertiary/aromatic N) is 1. The number of phenols is 1. The summed E-state index contributed by atoms with van der Waals surface area (Å²) in [7, 11) is 1.48. The first-order valence-corrected chi connectivity index (χ1v) is 8.10. The highest BCUT2D eigenvalue weighted by Crippen LogP contribution is 2.34. The molecule has 5 nitrogen and oxygen atoms in total. The van der Waals surface area contributed by atoms with Crippen LogP contribution < -0.4 is 10.1 Å². The predicted octanol–water partition coefficient (Wildman–Crippen LogP) is 3.60. The van der Waals surface area contributed by atoms with Crippen molar-refractivity contribution in [3.05, 3.63) is 58.5 Å². The van der Waals surface area contributed by atoms with Gasteiger partial charge in [0.15, 0.2) is 16.7 Å². The quantitative estimate of drug-likeness (QED) is 0.838. The van der Waals surface area contributed by atoms with Gasteiger partial charge in [-0.3, -0.25) is 4.79 Å². The number of thioether (sulfide) groups is 1. The van der Waals surface area contributed by atoms with Gasteiger partial charge in [-0.05, 0) is 48.5 Å². The summed E-state index contributed by atoms with van der Waals surface area (Å²) < 4.78 is 5.08. The molecule has 122 valence electrons. The molecular weight excluding hydrogens is 324 g/mol. The molecular formula is C18H16N2O3S. The SMILES string of the molecule is COc1cccc(C=C2SC(=Nc3cccc(C)c3)NC2=O)c1O. The highest BCUT2D eigenvalue weighted by atomic mass is 32.2. The van der Waals surface area contributed by atoms with Crippen LogP contribution in [0.4, 0.5) is 5.69 Å². The van der Waals surface area contributed by atoms with Gasteiger partial charge in [0.05, 0.1) is 17.7 Å². The van der Waals surface area contributed by atoms with E-state index in [1.807, 2.05) is 31.2 Å². The molecule has 1 saturated heterocycles. The number of phenolic OH excluding ortho intramolecular Hbond substituents is 1. The molecule has 2 aromatic rings.